The minimum atomic E-state index is -4.73. The van der Waals surface area contributed by atoms with Crippen molar-refractivity contribution in [3.05, 3.63) is 45.4 Å². The molecule has 0 N–H and O–H groups in total. The lowest BCUT2D eigenvalue weighted by Crippen LogP contribution is -2.13. The molecule has 1 aromatic carbocycles. The largest absolute Gasteiger partial charge is 0.453 e. The molecule has 2 aromatic heterocycles. The monoisotopic (exact) mass is 404 g/mol. The molecule has 126 valence electrons. The van der Waals surface area contributed by atoms with E-state index in [0.29, 0.717) is 20.1 Å². The van der Waals surface area contributed by atoms with Crippen LogP contribution in [0.15, 0.2) is 22.7 Å². The molecule has 0 saturated heterocycles. The average molecular weight is 405 g/mol. The first-order valence-electron chi connectivity index (χ1n) is 6.61. The lowest BCUT2D eigenvalue weighted by atomic mass is 10.2. The zero-order valence-electron chi connectivity index (χ0n) is 12.3. The van der Waals surface area contributed by atoms with Crippen LogP contribution in [-0.2, 0) is 6.18 Å². The SMILES string of the molecule is Cc1c(Oc2ccc(Br)cc2F)nn2c(C(F)(F)F)nnc2c1C. The van der Waals surface area contributed by atoms with Crippen molar-refractivity contribution in [1.82, 2.24) is 19.8 Å². The molecule has 0 aliphatic carbocycles. The molecular weight excluding hydrogens is 396 g/mol. The Morgan fingerprint density at radius 1 is 1.12 bits per heavy atom. The molecule has 0 bridgehead atoms. The van der Waals surface area contributed by atoms with Gasteiger partial charge in [-0.3, -0.25) is 0 Å². The van der Waals surface area contributed by atoms with E-state index in [9.17, 15) is 17.6 Å². The normalized spacial score (nSPS) is 12.0. The Hall–Kier alpha value is -2.23. The number of aromatic nitrogens is 4. The molecule has 0 aliphatic rings. The minimum Gasteiger partial charge on any atom is -0.434 e. The molecule has 0 spiro atoms. The van der Waals surface area contributed by atoms with Gasteiger partial charge in [-0.25, -0.2) is 4.39 Å². The highest BCUT2D eigenvalue weighted by Gasteiger charge is 2.38. The average Bonchev–Trinajstić information content (AvgIpc) is 2.91. The summed E-state index contributed by atoms with van der Waals surface area (Å²) in [4.78, 5) is 0. The molecule has 24 heavy (non-hydrogen) atoms. The second-order valence-corrected chi connectivity index (χ2v) is 5.90. The molecule has 0 radical (unpaired) electrons. The molecule has 0 fully saturated rings. The van der Waals surface area contributed by atoms with Crippen molar-refractivity contribution in [2.45, 2.75) is 20.0 Å². The van der Waals surface area contributed by atoms with E-state index >= 15 is 0 Å². The van der Waals surface area contributed by atoms with Crippen molar-refractivity contribution in [3.63, 3.8) is 0 Å². The molecule has 0 aliphatic heterocycles. The third-order valence-electron chi connectivity index (χ3n) is 3.40. The lowest BCUT2D eigenvalue weighted by molar-refractivity contribution is -0.146. The summed E-state index contributed by atoms with van der Waals surface area (Å²) < 4.78 is 59.3. The van der Waals surface area contributed by atoms with E-state index in [1.54, 1.807) is 19.9 Å². The van der Waals surface area contributed by atoms with Gasteiger partial charge in [0.05, 0.1) is 0 Å². The van der Waals surface area contributed by atoms with Crippen LogP contribution in [0.2, 0.25) is 0 Å². The maximum Gasteiger partial charge on any atom is 0.453 e. The van der Waals surface area contributed by atoms with Crippen LogP contribution >= 0.6 is 15.9 Å². The van der Waals surface area contributed by atoms with Gasteiger partial charge in [0.15, 0.2) is 17.2 Å². The number of fused-ring (bicyclic) bond motifs is 1. The lowest BCUT2D eigenvalue weighted by Gasteiger charge is -2.12. The minimum absolute atomic E-state index is 0.0385. The number of hydrogen-bond donors (Lipinski definition) is 0. The second kappa shape index (κ2) is 5.69. The van der Waals surface area contributed by atoms with Crippen molar-refractivity contribution >= 4 is 21.6 Å². The highest BCUT2D eigenvalue weighted by Crippen LogP contribution is 2.32. The fourth-order valence-electron chi connectivity index (χ4n) is 2.04. The van der Waals surface area contributed by atoms with Gasteiger partial charge in [0.25, 0.3) is 5.82 Å². The summed E-state index contributed by atoms with van der Waals surface area (Å²) in [6.45, 7) is 3.16. The topological polar surface area (TPSA) is 52.3 Å². The number of halogens is 5. The summed E-state index contributed by atoms with van der Waals surface area (Å²) in [5.41, 5.74) is 0.801. The molecule has 0 saturated carbocycles. The summed E-state index contributed by atoms with van der Waals surface area (Å²) >= 11 is 3.11. The van der Waals surface area contributed by atoms with Gasteiger partial charge in [-0.15, -0.1) is 15.3 Å². The zero-order chi connectivity index (χ0) is 17.6. The van der Waals surface area contributed by atoms with Gasteiger partial charge in [0.2, 0.25) is 5.88 Å². The molecule has 0 atom stereocenters. The standard InChI is InChI=1S/C14H9BrF4N4O/c1-6-7(2)12(24-10-4-3-8(15)5-9(10)16)22-23-11(6)20-21-13(23)14(17,18)19/h3-5H,1-2H3. The van der Waals surface area contributed by atoms with Crippen LogP contribution in [-0.4, -0.2) is 19.8 Å². The van der Waals surface area contributed by atoms with Crippen molar-refractivity contribution in [2.75, 3.05) is 0 Å². The van der Waals surface area contributed by atoms with Crippen LogP contribution in [0.5, 0.6) is 11.6 Å². The second-order valence-electron chi connectivity index (χ2n) is 4.99. The van der Waals surface area contributed by atoms with E-state index in [2.05, 4.69) is 31.2 Å². The first-order valence-corrected chi connectivity index (χ1v) is 7.40. The highest BCUT2D eigenvalue weighted by molar-refractivity contribution is 9.10. The Kier molecular flexibility index (Phi) is 3.94. The van der Waals surface area contributed by atoms with Crippen molar-refractivity contribution in [2.24, 2.45) is 0 Å². The fourth-order valence-corrected chi connectivity index (χ4v) is 2.37. The maximum atomic E-state index is 13.9. The van der Waals surface area contributed by atoms with Crippen molar-refractivity contribution in [1.29, 1.82) is 0 Å². The van der Waals surface area contributed by atoms with Crippen LogP contribution < -0.4 is 4.74 Å². The first-order chi connectivity index (χ1) is 11.2. The van der Waals surface area contributed by atoms with Gasteiger partial charge in [-0.05, 0) is 32.0 Å². The summed E-state index contributed by atoms with van der Waals surface area (Å²) in [5.74, 6) is -2.27. The summed E-state index contributed by atoms with van der Waals surface area (Å²) in [6, 6.07) is 4.06. The van der Waals surface area contributed by atoms with Crippen LogP contribution in [0, 0.1) is 19.7 Å². The van der Waals surface area contributed by atoms with Gasteiger partial charge < -0.3 is 4.74 Å². The van der Waals surface area contributed by atoms with E-state index in [0.717, 1.165) is 0 Å². The summed E-state index contributed by atoms with van der Waals surface area (Å²) in [5, 5.41) is 10.4. The predicted molar refractivity (Wildman–Crippen MR) is 79.4 cm³/mol. The van der Waals surface area contributed by atoms with E-state index in [-0.39, 0.29) is 17.3 Å². The Bertz CT molecular complexity index is 939. The Morgan fingerprint density at radius 3 is 2.46 bits per heavy atom. The number of aryl methyl sites for hydroxylation is 1. The van der Waals surface area contributed by atoms with Gasteiger partial charge in [0.1, 0.15) is 0 Å². The smallest absolute Gasteiger partial charge is 0.434 e. The third-order valence-corrected chi connectivity index (χ3v) is 3.90. The van der Waals surface area contributed by atoms with Gasteiger partial charge in [-0.1, -0.05) is 15.9 Å². The Balaban J connectivity index is 2.15. The van der Waals surface area contributed by atoms with Crippen molar-refractivity contribution < 1.29 is 22.3 Å². The molecule has 10 heteroatoms. The zero-order valence-corrected chi connectivity index (χ0v) is 13.9. The van der Waals surface area contributed by atoms with Crippen LogP contribution in [0.1, 0.15) is 17.0 Å². The molecule has 5 nitrogen and oxygen atoms in total. The van der Waals surface area contributed by atoms with Gasteiger partial charge in [0, 0.05) is 15.6 Å². The number of nitrogens with zero attached hydrogens (tertiary/aromatic N) is 4. The molecule has 0 unspecified atom stereocenters. The fraction of sp³-hybridized carbons (Fsp3) is 0.214. The number of ether oxygens (including phenoxy) is 1. The molecule has 2 heterocycles. The Labute approximate surface area is 141 Å². The number of alkyl halides is 3. The predicted octanol–water partition coefficient (Wildman–Crippen LogP) is 4.45. The van der Waals surface area contributed by atoms with Crippen LogP contribution in [0.4, 0.5) is 17.6 Å². The molecule has 3 rings (SSSR count). The number of benzene rings is 1. The van der Waals surface area contributed by atoms with Gasteiger partial charge >= 0.3 is 6.18 Å². The molecular formula is C14H9BrF4N4O. The summed E-state index contributed by atoms with van der Waals surface area (Å²) in [7, 11) is 0. The van der Waals surface area contributed by atoms with E-state index < -0.39 is 17.8 Å². The summed E-state index contributed by atoms with van der Waals surface area (Å²) in [6.07, 6.45) is -4.73. The number of hydrogen-bond acceptors (Lipinski definition) is 4. The Morgan fingerprint density at radius 2 is 1.83 bits per heavy atom. The first kappa shape index (κ1) is 16.6. The number of rotatable bonds is 2. The maximum absolute atomic E-state index is 13.9. The molecule has 3 aromatic rings. The molecule has 0 amide bonds. The van der Waals surface area contributed by atoms with Crippen LogP contribution in [0.25, 0.3) is 5.65 Å². The van der Waals surface area contributed by atoms with Gasteiger partial charge in [-0.2, -0.15) is 17.7 Å². The van der Waals surface area contributed by atoms with Crippen molar-refractivity contribution in [3.8, 4) is 11.6 Å². The van der Waals surface area contributed by atoms with E-state index in [1.807, 2.05) is 0 Å². The highest BCUT2D eigenvalue weighted by atomic mass is 79.9. The van der Waals surface area contributed by atoms with Crippen LogP contribution in [0.3, 0.4) is 0 Å². The van der Waals surface area contributed by atoms with E-state index in [4.69, 9.17) is 4.74 Å². The van der Waals surface area contributed by atoms with E-state index in [1.165, 1.54) is 12.1 Å². The third kappa shape index (κ3) is 2.81. The quantitative estimate of drug-likeness (QED) is 0.592.